The summed E-state index contributed by atoms with van der Waals surface area (Å²) >= 11 is 0. The van der Waals surface area contributed by atoms with Crippen molar-refractivity contribution in [3.63, 3.8) is 0 Å². The van der Waals surface area contributed by atoms with Crippen molar-refractivity contribution in [2.45, 2.75) is 39.4 Å². The number of hydrogen-bond acceptors (Lipinski definition) is 7. The molecule has 2 fully saturated rings. The molecule has 6 rings (SSSR count). The van der Waals surface area contributed by atoms with Crippen molar-refractivity contribution in [2.24, 2.45) is 0 Å². The topological polar surface area (TPSA) is 87.5 Å². The molecule has 4 aromatic rings. The maximum Gasteiger partial charge on any atom is 0.254 e. The highest BCUT2D eigenvalue weighted by Crippen LogP contribution is 2.26. The molecular weight excluding hydrogens is 540 g/mol. The van der Waals surface area contributed by atoms with Gasteiger partial charge in [-0.3, -0.25) is 9.69 Å². The largest absolute Gasteiger partial charge is 0.379 e. The van der Waals surface area contributed by atoms with Crippen LogP contribution in [-0.2, 0) is 11.3 Å². The van der Waals surface area contributed by atoms with Crippen LogP contribution in [0.2, 0.25) is 0 Å². The molecular formula is C31H35F2N7O2. The van der Waals surface area contributed by atoms with Crippen molar-refractivity contribution in [1.29, 1.82) is 0 Å². The maximum absolute atomic E-state index is 15.1. The quantitative estimate of drug-likeness (QED) is 0.352. The number of rotatable bonds is 6. The second-order valence-electron chi connectivity index (χ2n) is 11.3. The first kappa shape index (κ1) is 28.2. The zero-order chi connectivity index (χ0) is 29.4. The second kappa shape index (κ2) is 11.7. The van der Waals surface area contributed by atoms with Crippen molar-refractivity contribution >= 4 is 28.6 Å². The zero-order valence-corrected chi connectivity index (χ0v) is 24.0. The molecule has 2 aliphatic rings. The number of piperazine rings is 1. The molecule has 2 aromatic carbocycles. The van der Waals surface area contributed by atoms with E-state index in [2.05, 4.69) is 34.4 Å². The summed E-state index contributed by atoms with van der Waals surface area (Å²) in [6, 6.07) is 10.5. The van der Waals surface area contributed by atoms with Gasteiger partial charge in [-0.05, 0) is 56.7 Å². The van der Waals surface area contributed by atoms with Crippen molar-refractivity contribution in [2.75, 3.05) is 44.7 Å². The van der Waals surface area contributed by atoms with Crippen LogP contribution >= 0.6 is 0 Å². The smallest absolute Gasteiger partial charge is 0.254 e. The molecule has 1 amide bonds. The third kappa shape index (κ3) is 5.85. The van der Waals surface area contributed by atoms with Gasteiger partial charge in [-0.1, -0.05) is 6.07 Å². The average molecular weight is 576 g/mol. The number of morpholine rings is 1. The fraction of sp³-hybridized carbons (Fsp3) is 0.387. The van der Waals surface area contributed by atoms with E-state index in [4.69, 9.17) is 4.74 Å². The van der Waals surface area contributed by atoms with Gasteiger partial charge in [0.25, 0.3) is 5.91 Å². The maximum atomic E-state index is 15.1. The van der Waals surface area contributed by atoms with E-state index >= 15 is 8.78 Å². The summed E-state index contributed by atoms with van der Waals surface area (Å²) in [5.74, 6) is -0.909. The van der Waals surface area contributed by atoms with Crippen LogP contribution in [0.5, 0.6) is 0 Å². The Morgan fingerprint density at radius 2 is 1.79 bits per heavy atom. The summed E-state index contributed by atoms with van der Waals surface area (Å²) in [6.45, 7) is 9.95. The minimum Gasteiger partial charge on any atom is -0.379 e. The van der Waals surface area contributed by atoms with Gasteiger partial charge in [-0.2, -0.15) is 4.98 Å². The lowest BCUT2D eigenvalue weighted by atomic mass is 10.0. The molecule has 4 heterocycles. The highest BCUT2D eigenvalue weighted by atomic mass is 19.1. The van der Waals surface area contributed by atoms with Gasteiger partial charge >= 0.3 is 0 Å². The number of amides is 1. The number of fused-ring (bicyclic) bond motifs is 1. The predicted molar refractivity (Wildman–Crippen MR) is 157 cm³/mol. The van der Waals surface area contributed by atoms with E-state index in [1.54, 1.807) is 23.0 Å². The van der Waals surface area contributed by atoms with Gasteiger partial charge < -0.3 is 24.8 Å². The summed E-state index contributed by atoms with van der Waals surface area (Å²) in [5.41, 5.74) is 3.05. The molecule has 220 valence electrons. The Kier molecular flexibility index (Phi) is 7.89. The van der Waals surface area contributed by atoms with Crippen LogP contribution in [0, 0.1) is 18.6 Å². The molecule has 2 aromatic heterocycles. The van der Waals surface area contributed by atoms with E-state index < -0.39 is 11.6 Å². The Morgan fingerprint density at radius 1 is 1.07 bits per heavy atom. The van der Waals surface area contributed by atoms with Crippen LogP contribution in [0.4, 0.5) is 20.4 Å². The molecule has 0 saturated carbocycles. The lowest BCUT2D eigenvalue weighted by Gasteiger charge is -2.36. The molecule has 2 atom stereocenters. The Balaban J connectivity index is 1.25. The summed E-state index contributed by atoms with van der Waals surface area (Å²) in [4.78, 5) is 26.4. The molecule has 9 nitrogen and oxygen atoms in total. The van der Waals surface area contributed by atoms with E-state index in [9.17, 15) is 4.79 Å². The fourth-order valence-corrected chi connectivity index (χ4v) is 5.77. The number of anilines is 2. The van der Waals surface area contributed by atoms with Crippen LogP contribution < -0.4 is 10.6 Å². The highest BCUT2D eigenvalue weighted by molar-refractivity contribution is 5.97. The summed E-state index contributed by atoms with van der Waals surface area (Å²) in [6.07, 6.45) is 3.38. The van der Waals surface area contributed by atoms with Crippen molar-refractivity contribution in [1.82, 2.24) is 29.7 Å². The highest BCUT2D eigenvalue weighted by Gasteiger charge is 2.26. The number of ether oxygens (including phenoxy) is 1. The molecule has 0 radical (unpaired) electrons. The van der Waals surface area contributed by atoms with Crippen LogP contribution in [-0.4, -0.2) is 81.7 Å². The van der Waals surface area contributed by atoms with Crippen molar-refractivity contribution < 1.29 is 18.3 Å². The average Bonchev–Trinajstić information content (AvgIpc) is 3.39. The van der Waals surface area contributed by atoms with Crippen LogP contribution in [0.15, 0.2) is 48.8 Å². The molecule has 42 heavy (non-hydrogen) atoms. The third-order valence-electron chi connectivity index (χ3n) is 7.89. The van der Waals surface area contributed by atoms with Gasteiger partial charge in [0.05, 0.1) is 18.9 Å². The fourth-order valence-electron chi connectivity index (χ4n) is 5.77. The molecule has 0 spiro atoms. The van der Waals surface area contributed by atoms with Gasteiger partial charge in [-0.15, -0.1) is 0 Å². The molecule has 11 heteroatoms. The lowest BCUT2D eigenvalue weighted by molar-refractivity contribution is 0.0332. The Bertz CT molecular complexity index is 1590. The van der Waals surface area contributed by atoms with Gasteiger partial charge in [0, 0.05) is 79.4 Å². The van der Waals surface area contributed by atoms with E-state index in [0.29, 0.717) is 67.9 Å². The van der Waals surface area contributed by atoms with E-state index in [-0.39, 0.29) is 30.1 Å². The lowest BCUT2D eigenvalue weighted by Crippen LogP contribution is -2.55. The Hall–Kier alpha value is -3.93. The van der Waals surface area contributed by atoms with E-state index in [0.717, 1.165) is 10.9 Å². The normalized spacial score (nSPS) is 19.8. The number of aryl methyl sites for hydroxylation is 1. The van der Waals surface area contributed by atoms with Crippen LogP contribution in [0.25, 0.3) is 16.7 Å². The van der Waals surface area contributed by atoms with Gasteiger partial charge in [0.15, 0.2) is 0 Å². The number of benzene rings is 2. The van der Waals surface area contributed by atoms with Crippen molar-refractivity contribution in [3.05, 3.63) is 77.1 Å². The number of hydrogen-bond donors (Lipinski definition) is 2. The second-order valence-corrected chi connectivity index (χ2v) is 11.3. The minimum atomic E-state index is -0.601. The number of aromatic nitrogens is 3. The van der Waals surface area contributed by atoms with Crippen molar-refractivity contribution in [3.8, 4) is 5.69 Å². The van der Waals surface area contributed by atoms with Crippen LogP contribution in [0.3, 0.4) is 0 Å². The number of carbonyl (C=O) groups excluding carboxylic acids is 1. The summed E-state index contributed by atoms with van der Waals surface area (Å²) < 4.78 is 37.3. The molecule has 2 unspecified atom stereocenters. The van der Waals surface area contributed by atoms with Crippen LogP contribution in [0.1, 0.15) is 35.3 Å². The summed E-state index contributed by atoms with van der Waals surface area (Å²) in [7, 11) is 0. The molecule has 0 bridgehead atoms. The first-order valence-corrected chi connectivity index (χ1v) is 14.3. The van der Waals surface area contributed by atoms with Gasteiger partial charge in [-0.25, -0.2) is 13.8 Å². The Labute approximate surface area is 243 Å². The van der Waals surface area contributed by atoms with Gasteiger partial charge in [0.2, 0.25) is 5.95 Å². The number of carbonyl (C=O) groups is 1. The molecule has 2 aliphatic heterocycles. The molecule has 0 aliphatic carbocycles. The Morgan fingerprint density at radius 3 is 2.50 bits per heavy atom. The molecule has 2 saturated heterocycles. The number of nitrogens with one attached hydrogen (secondary N) is 2. The summed E-state index contributed by atoms with van der Waals surface area (Å²) in [5, 5.41) is 7.38. The SMILES string of the molecule is Cc1ccc(Nc2ncc3ccn(-c4cc(F)c(CN5CCOCC5)c(F)c4)c3n2)cc1C(=O)N1CC(C)NC(C)C1. The molecule has 2 N–H and O–H groups in total. The first-order valence-electron chi connectivity index (χ1n) is 14.3. The third-order valence-corrected chi connectivity index (χ3v) is 7.89. The zero-order valence-electron chi connectivity index (χ0n) is 24.0. The predicted octanol–water partition coefficient (Wildman–Crippen LogP) is 4.41. The van der Waals surface area contributed by atoms with E-state index in [1.807, 2.05) is 34.9 Å². The standard InChI is InChI=1S/C31H35F2N7O2/c1-19-4-5-23(12-25(19)30(41)39-16-20(2)35-21(3)17-39)36-31-34-15-22-6-7-40(29(22)37-31)24-13-27(32)26(28(33)14-24)18-38-8-10-42-11-9-38/h4-7,12-15,20-21,35H,8-11,16-18H2,1-3H3,(H,34,36,37). The number of nitrogens with zero attached hydrogens (tertiary/aromatic N) is 5. The van der Waals surface area contributed by atoms with E-state index in [1.165, 1.54) is 12.1 Å². The minimum absolute atomic E-state index is 0.0114. The first-order chi connectivity index (χ1) is 20.2. The number of halogens is 2. The monoisotopic (exact) mass is 575 g/mol. The van der Waals surface area contributed by atoms with Gasteiger partial charge in [0.1, 0.15) is 17.3 Å².